The molecule has 3 aromatic rings. The molecule has 4 rings (SSSR count). The number of hydrogen-bond acceptors (Lipinski definition) is 5. The molecule has 25 heavy (non-hydrogen) atoms. The van der Waals surface area contributed by atoms with Gasteiger partial charge in [0.1, 0.15) is 5.65 Å². The van der Waals surface area contributed by atoms with Crippen molar-refractivity contribution in [2.24, 2.45) is 0 Å². The Morgan fingerprint density at radius 1 is 1.16 bits per heavy atom. The van der Waals surface area contributed by atoms with Crippen LogP contribution in [0.25, 0.3) is 5.65 Å². The van der Waals surface area contributed by atoms with Crippen LogP contribution in [-0.2, 0) is 6.54 Å². The van der Waals surface area contributed by atoms with Gasteiger partial charge in [0.15, 0.2) is 11.5 Å². The van der Waals surface area contributed by atoms with Gasteiger partial charge in [-0.05, 0) is 30.7 Å². The fourth-order valence-electron chi connectivity index (χ4n) is 2.60. The molecule has 1 aliphatic heterocycles. The minimum absolute atomic E-state index is 0.0204. The molecule has 6 nitrogen and oxygen atoms in total. The molecule has 0 atom stereocenters. The van der Waals surface area contributed by atoms with Gasteiger partial charge in [0, 0.05) is 24.0 Å². The predicted molar refractivity (Wildman–Crippen MR) is 86.2 cm³/mol. The van der Waals surface area contributed by atoms with E-state index in [1.54, 1.807) is 18.3 Å². The molecule has 0 spiro atoms. The van der Waals surface area contributed by atoms with Crippen LogP contribution in [0, 0.1) is 6.92 Å². The summed E-state index contributed by atoms with van der Waals surface area (Å²) in [6.45, 7) is 2.15. The standard InChI is InChI=1S/C17H13F2N3O3/c1-10-2-5-15-21-12(7-16(23)22(15)9-10)8-20-11-3-4-13-14(6-11)25-17(18,19)24-13/h2-7,9,20H,8H2,1H3. The first-order chi connectivity index (χ1) is 11.9. The van der Waals surface area contributed by atoms with Gasteiger partial charge in [0.25, 0.3) is 5.56 Å². The number of ether oxygens (including phenoxy) is 2. The van der Waals surface area contributed by atoms with E-state index in [4.69, 9.17) is 0 Å². The molecular weight excluding hydrogens is 332 g/mol. The molecule has 0 radical (unpaired) electrons. The highest BCUT2D eigenvalue weighted by Crippen LogP contribution is 2.42. The van der Waals surface area contributed by atoms with E-state index in [0.717, 1.165) is 5.56 Å². The molecular formula is C17H13F2N3O3. The number of aryl methyl sites for hydroxylation is 1. The topological polar surface area (TPSA) is 64.9 Å². The van der Waals surface area contributed by atoms with Crippen molar-refractivity contribution < 1.29 is 18.3 Å². The summed E-state index contributed by atoms with van der Waals surface area (Å²) in [4.78, 5) is 16.6. The van der Waals surface area contributed by atoms with Crippen molar-refractivity contribution in [1.82, 2.24) is 9.38 Å². The van der Waals surface area contributed by atoms with Crippen LogP contribution in [0.1, 0.15) is 11.3 Å². The Bertz CT molecular complexity index is 1030. The van der Waals surface area contributed by atoms with Crippen molar-refractivity contribution in [3.63, 3.8) is 0 Å². The van der Waals surface area contributed by atoms with Crippen LogP contribution >= 0.6 is 0 Å². The minimum atomic E-state index is -3.65. The highest BCUT2D eigenvalue weighted by molar-refractivity contribution is 5.56. The second-order valence-electron chi connectivity index (χ2n) is 5.70. The Kier molecular flexibility index (Phi) is 3.34. The third-order valence-electron chi connectivity index (χ3n) is 3.74. The van der Waals surface area contributed by atoms with Gasteiger partial charge < -0.3 is 14.8 Å². The Hall–Kier alpha value is -3.16. The second kappa shape index (κ2) is 5.44. The number of aromatic nitrogens is 2. The number of rotatable bonds is 3. The van der Waals surface area contributed by atoms with Crippen LogP contribution in [0.4, 0.5) is 14.5 Å². The summed E-state index contributed by atoms with van der Waals surface area (Å²) in [5.41, 5.74) is 2.40. The van der Waals surface area contributed by atoms with E-state index in [-0.39, 0.29) is 23.6 Å². The highest BCUT2D eigenvalue weighted by Gasteiger charge is 2.43. The van der Waals surface area contributed by atoms with Crippen molar-refractivity contribution in [2.75, 3.05) is 5.32 Å². The molecule has 128 valence electrons. The number of halogens is 2. The number of nitrogens with one attached hydrogen (secondary N) is 1. The summed E-state index contributed by atoms with van der Waals surface area (Å²) in [6, 6.07) is 9.46. The number of benzene rings is 1. The number of nitrogens with zero attached hydrogens (tertiary/aromatic N) is 2. The molecule has 0 bridgehead atoms. The maximum atomic E-state index is 13.0. The number of hydrogen-bond donors (Lipinski definition) is 1. The molecule has 0 unspecified atom stereocenters. The Labute approximate surface area is 140 Å². The molecule has 8 heteroatoms. The maximum Gasteiger partial charge on any atom is 0.586 e. The van der Waals surface area contributed by atoms with E-state index in [0.29, 0.717) is 17.0 Å². The van der Waals surface area contributed by atoms with Gasteiger partial charge in [0.2, 0.25) is 0 Å². The van der Waals surface area contributed by atoms with Gasteiger partial charge in [-0.2, -0.15) is 0 Å². The summed E-state index contributed by atoms with van der Waals surface area (Å²) < 4.78 is 36.3. The molecule has 0 aliphatic carbocycles. The molecule has 1 aliphatic rings. The van der Waals surface area contributed by atoms with Gasteiger partial charge in [-0.15, -0.1) is 8.78 Å². The fraction of sp³-hybridized carbons (Fsp3) is 0.176. The fourth-order valence-corrected chi connectivity index (χ4v) is 2.60. The van der Waals surface area contributed by atoms with Crippen LogP contribution in [0.2, 0.25) is 0 Å². The quantitative estimate of drug-likeness (QED) is 0.791. The van der Waals surface area contributed by atoms with E-state index in [1.165, 1.54) is 22.6 Å². The first kappa shape index (κ1) is 15.4. The lowest BCUT2D eigenvalue weighted by atomic mass is 10.2. The van der Waals surface area contributed by atoms with E-state index in [2.05, 4.69) is 19.8 Å². The summed E-state index contributed by atoms with van der Waals surface area (Å²) in [7, 11) is 0. The summed E-state index contributed by atoms with van der Waals surface area (Å²) in [6.07, 6.45) is -1.92. The molecule has 1 N–H and O–H groups in total. The molecule has 0 saturated carbocycles. The van der Waals surface area contributed by atoms with E-state index >= 15 is 0 Å². The third kappa shape index (κ3) is 2.98. The zero-order valence-electron chi connectivity index (χ0n) is 13.1. The average Bonchev–Trinajstić information content (AvgIpc) is 2.86. The summed E-state index contributed by atoms with van der Waals surface area (Å²) in [5, 5.41) is 3.03. The largest absolute Gasteiger partial charge is 0.586 e. The van der Waals surface area contributed by atoms with Crippen molar-refractivity contribution in [2.45, 2.75) is 19.8 Å². The molecule has 0 amide bonds. The molecule has 0 saturated heterocycles. The number of fused-ring (bicyclic) bond motifs is 2. The second-order valence-corrected chi connectivity index (χ2v) is 5.70. The smallest absolute Gasteiger partial charge is 0.395 e. The van der Waals surface area contributed by atoms with Gasteiger partial charge in [-0.1, -0.05) is 6.07 Å². The first-order valence-electron chi connectivity index (χ1n) is 7.52. The zero-order chi connectivity index (χ0) is 17.6. The zero-order valence-corrected chi connectivity index (χ0v) is 13.1. The van der Waals surface area contributed by atoms with Crippen LogP contribution in [0.3, 0.4) is 0 Å². The molecule has 2 aromatic heterocycles. The lowest BCUT2D eigenvalue weighted by molar-refractivity contribution is -0.286. The lowest BCUT2D eigenvalue weighted by Gasteiger charge is -2.08. The first-order valence-corrected chi connectivity index (χ1v) is 7.52. The monoisotopic (exact) mass is 345 g/mol. The van der Waals surface area contributed by atoms with Gasteiger partial charge in [-0.3, -0.25) is 9.20 Å². The molecule has 1 aromatic carbocycles. The van der Waals surface area contributed by atoms with Crippen LogP contribution in [-0.4, -0.2) is 15.7 Å². The maximum absolute atomic E-state index is 13.0. The van der Waals surface area contributed by atoms with Crippen molar-refractivity contribution in [3.05, 3.63) is 64.2 Å². The van der Waals surface area contributed by atoms with Crippen molar-refractivity contribution in [3.8, 4) is 11.5 Å². The SMILES string of the molecule is Cc1ccc2nc(CNc3ccc4c(c3)OC(F)(F)O4)cc(=O)n2c1. The van der Waals surface area contributed by atoms with Gasteiger partial charge >= 0.3 is 6.29 Å². The predicted octanol–water partition coefficient (Wildman–Crippen LogP) is 2.94. The number of pyridine rings is 1. The molecule has 0 fully saturated rings. The van der Waals surface area contributed by atoms with Crippen LogP contribution < -0.4 is 20.3 Å². The normalized spacial score (nSPS) is 14.7. The van der Waals surface area contributed by atoms with Gasteiger partial charge in [-0.25, -0.2) is 4.98 Å². The summed E-state index contributed by atoms with van der Waals surface area (Å²) in [5.74, 6) is -0.0648. The van der Waals surface area contributed by atoms with Crippen LogP contribution in [0.15, 0.2) is 47.4 Å². The Morgan fingerprint density at radius 2 is 1.96 bits per heavy atom. The number of anilines is 1. The van der Waals surface area contributed by atoms with Crippen molar-refractivity contribution >= 4 is 11.3 Å². The van der Waals surface area contributed by atoms with Crippen molar-refractivity contribution in [1.29, 1.82) is 0 Å². The summed E-state index contributed by atoms with van der Waals surface area (Å²) >= 11 is 0. The van der Waals surface area contributed by atoms with Gasteiger partial charge in [0.05, 0.1) is 12.2 Å². The highest BCUT2D eigenvalue weighted by atomic mass is 19.3. The Balaban J connectivity index is 1.55. The minimum Gasteiger partial charge on any atom is -0.395 e. The average molecular weight is 345 g/mol. The Morgan fingerprint density at radius 3 is 2.80 bits per heavy atom. The lowest BCUT2D eigenvalue weighted by Crippen LogP contribution is -2.25. The van der Waals surface area contributed by atoms with E-state index in [9.17, 15) is 13.6 Å². The third-order valence-corrected chi connectivity index (χ3v) is 3.74. The molecule has 3 heterocycles. The van der Waals surface area contributed by atoms with E-state index < -0.39 is 6.29 Å². The van der Waals surface area contributed by atoms with Crippen LogP contribution in [0.5, 0.6) is 11.5 Å². The number of alkyl halides is 2. The van der Waals surface area contributed by atoms with E-state index in [1.807, 2.05) is 13.0 Å².